The first kappa shape index (κ1) is 17.5. The lowest BCUT2D eigenvalue weighted by Gasteiger charge is -2.13. The van der Waals surface area contributed by atoms with Gasteiger partial charge in [0.15, 0.2) is 0 Å². The molecule has 136 valence electrons. The first-order valence-corrected chi connectivity index (χ1v) is 10.0. The van der Waals surface area contributed by atoms with Crippen molar-refractivity contribution >= 4 is 20.9 Å². The molecule has 1 heterocycles. The SMILES string of the molecule is Cc1ccc(S(=O)(=O)n2c(-c3cccc(F)c3)cc3cc(C)ccc32)cc1. The van der Waals surface area contributed by atoms with Gasteiger partial charge >= 0.3 is 0 Å². The summed E-state index contributed by atoms with van der Waals surface area (Å²) >= 11 is 0. The highest BCUT2D eigenvalue weighted by molar-refractivity contribution is 7.90. The highest BCUT2D eigenvalue weighted by Crippen LogP contribution is 2.33. The summed E-state index contributed by atoms with van der Waals surface area (Å²) in [6.07, 6.45) is 0. The van der Waals surface area contributed by atoms with E-state index in [9.17, 15) is 12.8 Å². The molecule has 0 bridgehead atoms. The summed E-state index contributed by atoms with van der Waals surface area (Å²) in [5, 5.41) is 0.796. The van der Waals surface area contributed by atoms with Gasteiger partial charge < -0.3 is 0 Å². The van der Waals surface area contributed by atoms with Crippen LogP contribution in [0.15, 0.2) is 77.7 Å². The Balaban J connectivity index is 2.06. The third-order valence-electron chi connectivity index (χ3n) is 4.59. The fraction of sp³-hybridized carbons (Fsp3) is 0.0909. The first-order valence-electron chi connectivity index (χ1n) is 8.56. The van der Waals surface area contributed by atoms with E-state index in [1.54, 1.807) is 48.5 Å². The lowest BCUT2D eigenvalue weighted by molar-refractivity contribution is 0.589. The third kappa shape index (κ3) is 3.04. The van der Waals surface area contributed by atoms with Crippen molar-refractivity contribution in [2.24, 2.45) is 0 Å². The molecule has 0 aliphatic rings. The summed E-state index contributed by atoms with van der Waals surface area (Å²) in [5.74, 6) is -0.409. The number of benzene rings is 3. The summed E-state index contributed by atoms with van der Waals surface area (Å²) in [7, 11) is -3.85. The van der Waals surface area contributed by atoms with Crippen molar-refractivity contribution < 1.29 is 12.8 Å². The van der Waals surface area contributed by atoms with Crippen molar-refractivity contribution in [3.8, 4) is 11.3 Å². The molecule has 0 atom stereocenters. The van der Waals surface area contributed by atoms with E-state index in [2.05, 4.69) is 0 Å². The molecule has 0 unspecified atom stereocenters. The average molecular weight is 379 g/mol. The maximum absolute atomic E-state index is 13.8. The van der Waals surface area contributed by atoms with Gasteiger partial charge in [-0.2, -0.15) is 0 Å². The van der Waals surface area contributed by atoms with Crippen LogP contribution in [0.3, 0.4) is 0 Å². The average Bonchev–Trinajstić information content (AvgIpc) is 3.01. The standard InChI is InChI=1S/C22H18FNO2S/c1-15-6-9-20(10-7-15)27(25,26)24-21-11-8-16(2)12-18(21)14-22(24)17-4-3-5-19(23)13-17/h3-14H,1-2H3. The molecule has 4 aromatic rings. The second-order valence-corrected chi connectivity index (χ2v) is 8.47. The molecule has 0 spiro atoms. The van der Waals surface area contributed by atoms with E-state index >= 15 is 0 Å². The quantitative estimate of drug-likeness (QED) is 0.484. The Kier molecular flexibility index (Phi) is 4.12. The molecule has 5 heteroatoms. The van der Waals surface area contributed by atoms with Gasteiger partial charge in [0.05, 0.1) is 16.1 Å². The van der Waals surface area contributed by atoms with E-state index in [4.69, 9.17) is 0 Å². The van der Waals surface area contributed by atoms with E-state index in [1.165, 1.54) is 16.1 Å². The van der Waals surface area contributed by atoms with Crippen molar-refractivity contribution in [1.29, 1.82) is 0 Å². The van der Waals surface area contributed by atoms with Crippen molar-refractivity contribution in [2.45, 2.75) is 18.7 Å². The molecule has 27 heavy (non-hydrogen) atoms. The molecular weight excluding hydrogens is 361 g/mol. The van der Waals surface area contributed by atoms with E-state index in [-0.39, 0.29) is 4.90 Å². The number of aromatic nitrogens is 1. The molecule has 0 N–H and O–H groups in total. The van der Waals surface area contributed by atoms with Crippen LogP contribution in [0.4, 0.5) is 4.39 Å². The first-order chi connectivity index (χ1) is 12.9. The fourth-order valence-corrected chi connectivity index (χ4v) is 4.77. The van der Waals surface area contributed by atoms with Crippen molar-refractivity contribution in [1.82, 2.24) is 3.97 Å². The van der Waals surface area contributed by atoms with Gasteiger partial charge in [-0.15, -0.1) is 0 Å². The predicted octanol–water partition coefficient (Wildman–Crippen LogP) is 5.30. The number of halogens is 1. The summed E-state index contributed by atoms with van der Waals surface area (Å²) in [5.41, 5.74) is 3.53. The van der Waals surface area contributed by atoms with Crippen molar-refractivity contribution in [3.05, 3.63) is 89.7 Å². The minimum Gasteiger partial charge on any atom is -0.233 e. The highest BCUT2D eigenvalue weighted by atomic mass is 32.2. The van der Waals surface area contributed by atoms with Crippen LogP contribution in [0.1, 0.15) is 11.1 Å². The van der Waals surface area contributed by atoms with Gasteiger partial charge in [0.1, 0.15) is 5.82 Å². The zero-order valence-corrected chi connectivity index (χ0v) is 15.8. The largest absolute Gasteiger partial charge is 0.268 e. The summed E-state index contributed by atoms with van der Waals surface area (Å²) in [6.45, 7) is 3.86. The summed E-state index contributed by atoms with van der Waals surface area (Å²) in [4.78, 5) is 0.198. The Morgan fingerprint density at radius 3 is 2.22 bits per heavy atom. The minimum atomic E-state index is -3.85. The van der Waals surface area contributed by atoms with E-state index < -0.39 is 15.8 Å². The molecule has 4 rings (SSSR count). The van der Waals surface area contributed by atoms with Gasteiger partial charge in [-0.25, -0.2) is 16.8 Å². The lowest BCUT2D eigenvalue weighted by Crippen LogP contribution is -2.14. The third-order valence-corrected chi connectivity index (χ3v) is 6.33. The maximum atomic E-state index is 13.8. The molecule has 0 saturated carbocycles. The topological polar surface area (TPSA) is 39.1 Å². The number of hydrogen-bond donors (Lipinski definition) is 0. The van der Waals surface area contributed by atoms with Crippen LogP contribution in [0, 0.1) is 19.7 Å². The number of aryl methyl sites for hydroxylation is 2. The monoisotopic (exact) mass is 379 g/mol. The van der Waals surface area contributed by atoms with Gasteiger partial charge in [-0.05, 0) is 56.3 Å². The normalized spacial score (nSPS) is 11.8. The summed E-state index contributed by atoms with van der Waals surface area (Å²) < 4.78 is 42.0. The molecular formula is C22H18FNO2S. The second-order valence-electron chi connectivity index (χ2n) is 6.68. The molecule has 0 aliphatic carbocycles. The van der Waals surface area contributed by atoms with Gasteiger partial charge in [-0.1, -0.05) is 41.5 Å². The van der Waals surface area contributed by atoms with Gasteiger partial charge in [-0.3, -0.25) is 0 Å². The zero-order valence-electron chi connectivity index (χ0n) is 15.0. The van der Waals surface area contributed by atoms with Crippen LogP contribution in [0.25, 0.3) is 22.2 Å². The zero-order chi connectivity index (χ0) is 19.2. The van der Waals surface area contributed by atoms with Crippen LogP contribution in [-0.4, -0.2) is 12.4 Å². The number of nitrogens with zero attached hydrogens (tertiary/aromatic N) is 1. The van der Waals surface area contributed by atoms with Crippen LogP contribution in [-0.2, 0) is 10.0 Å². The van der Waals surface area contributed by atoms with Crippen LogP contribution in [0.5, 0.6) is 0 Å². The van der Waals surface area contributed by atoms with Crippen molar-refractivity contribution in [2.75, 3.05) is 0 Å². The molecule has 3 aromatic carbocycles. The van der Waals surface area contributed by atoms with E-state index in [1.807, 2.05) is 26.0 Å². The molecule has 3 nitrogen and oxygen atoms in total. The molecule has 0 aliphatic heterocycles. The van der Waals surface area contributed by atoms with Gasteiger partial charge in [0, 0.05) is 10.9 Å². The van der Waals surface area contributed by atoms with Crippen LogP contribution in [0.2, 0.25) is 0 Å². The number of rotatable bonds is 3. The molecule has 0 saturated heterocycles. The predicted molar refractivity (Wildman–Crippen MR) is 106 cm³/mol. The molecule has 0 radical (unpaired) electrons. The van der Waals surface area contributed by atoms with Crippen LogP contribution >= 0.6 is 0 Å². The molecule has 0 amide bonds. The van der Waals surface area contributed by atoms with Gasteiger partial charge in [0.25, 0.3) is 10.0 Å². The Morgan fingerprint density at radius 1 is 0.815 bits per heavy atom. The second kappa shape index (κ2) is 6.35. The number of hydrogen-bond acceptors (Lipinski definition) is 2. The Labute approximate surface area is 157 Å². The molecule has 1 aromatic heterocycles. The highest BCUT2D eigenvalue weighted by Gasteiger charge is 2.24. The van der Waals surface area contributed by atoms with Crippen molar-refractivity contribution in [3.63, 3.8) is 0 Å². The Bertz CT molecular complexity index is 1260. The maximum Gasteiger partial charge on any atom is 0.268 e. The molecule has 0 fully saturated rings. The van der Waals surface area contributed by atoms with Crippen LogP contribution < -0.4 is 0 Å². The fourth-order valence-electron chi connectivity index (χ4n) is 3.23. The van der Waals surface area contributed by atoms with Gasteiger partial charge in [0.2, 0.25) is 0 Å². The minimum absolute atomic E-state index is 0.198. The lowest BCUT2D eigenvalue weighted by atomic mass is 10.1. The Morgan fingerprint density at radius 2 is 1.52 bits per heavy atom. The van der Waals surface area contributed by atoms with E-state index in [0.29, 0.717) is 16.8 Å². The Hall–Kier alpha value is -2.92. The smallest absolute Gasteiger partial charge is 0.233 e. The summed E-state index contributed by atoms with van der Waals surface area (Å²) in [6, 6.07) is 20.1. The van der Waals surface area contributed by atoms with E-state index in [0.717, 1.165) is 16.5 Å². The number of fused-ring (bicyclic) bond motifs is 1.